The van der Waals surface area contributed by atoms with Gasteiger partial charge in [0.25, 0.3) is 5.91 Å². The molecule has 166 valence electrons. The number of amides is 1. The summed E-state index contributed by atoms with van der Waals surface area (Å²) in [5.74, 6) is 0.0909. The maximum Gasteiger partial charge on any atom is 0.263 e. The number of sulfonamides is 1. The van der Waals surface area contributed by atoms with E-state index in [9.17, 15) is 13.2 Å². The summed E-state index contributed by atoms with van der Waals surface area (Å²) in [7, 11) is -3.50. The van der Waals surface area contributed by atoms with E-state index in [4.69, 9.17) is 4.74 Å². The quantitative estimate of drug-likeness (QED) is 0.666. The Labute approximate surface area is 184 Å². The standard InChI is InChI=1S/C23H29N3O4S/c1-2-31(28,29)26-17-22(30-21-13-6-5-12-20(21)26)23(27)24-14-8-16-25-15-7-10-18-9-3-4-11-19(18)25/h3-6,9,11-13,22H,2,7-8,10,14-17H2,1H3,(H,24,27)/t22-/m1/s1. The summed E-state index contributed by atoms with van der Waals surface area (Å²) in [5.41, 5.74) is 3.15. The highest BCUT2D eigenvalue weighted by Gasteiger charge is 2.35. The monoisotopic (exact) mass is 443 g/mol. The molecule has 0 aliphatic carbocycles. The molecule has 2 aromatic carbocycles. The molecule has 0 radical (unpaired) electrons. The number of rotatable bonds is 7. The van der Waals surface area contributed by atoms with Crippen LogP contribution in [0.4, 0.5) is 11.4 Å². The lowest BCUT2D eigenvalue weighted by Crippen LogP contribution is -2.51. The second-order valence-corrected chi connectivity index (χ2v) is 10.1. The molecular weight excluding hydrogens is 414 g/mol. The van der Waals surface area contributed by atoms with Gasteiger partial charge in [0.05, 0.1) is 18.0 Å². The number of para-hydroxylation sites is 3. The molecule has 2 aliphatic heterocycles. The highest BCUT2D eigenvalue weighted by Crippen LogP contribution is 2.35. The van der Waals surface area contributed by atoms with Crippen LogP contribution in [0.25, 0.3) is 0 Å². The van der Waals surface area contributed by atoms with Gasteiger partial charge >= 0.3 is 0 Å². The normalized spacial score (nSPS) is 18.0. The molecule has 0 unspecified atom stereocenters. The summed E-state index contributed by atoms with van der Waals surface area (Å²) in [5, 5.41) is 2.92. The highest BCUT2D eigenvalue weighted by molar-refractivity contribution is 7.92. The minimum atomic E-state index is -3.50. The van der Waals surface area contributed by atoms with Crippen LogP contribution >= 0.6 is 0 Å². The molecule has 1 N–H and O–H groups in total. The first-order valence-electron chi connectivity index (χ1n) is 10.9. The van der Waals surface area contributed by atoms with Gasteiger partial charge in [-0.15, -0.1) is 0 Å². The van der Waals surface area contributed by atoms with Crippen molar-refractivity contribution >= 4 is 27.3 Å². The van der Waals surface area contributed by atoms with E-state index in [-0.39, 0.29) is 18.2 Å². The second-order valence-electron chi connectivity index (χ2n) is 7.87. The second kappa shape index (κ2) is 9.18. The Balaban J connectivity index is 1.34. The molecule has 0 spiro atoms. The fourth-order valence-corrected chi connectivity index (χ4v) is 5.32. The number of anilines is 2. The Hall–Kier alpha value is -2.74. The minimum absolute atomic E-state index is 0.0154. The van der Waals surface area contributed by atoms with Gasteiger partial charge in [0.1, 0.15) is 5.75 Å². The Bertz CT molecular complexity index is 1040. The molecule has 2 heterocycles. The van der Waals surface area contributed by atoms with Crippen molar-refractivity contribution in [3.8, 4) is 5.75 Å². The van der Waals surface area contributed by atoms with Gasteiger partial charge in [-0.1, -0.05) is 30.3 Å². The van der Waals surface area contributed by atoms with E-state index in [2.05, 4.69) is 34.5 Å². The average Bonchev–Trinajstić information content (AvgIpc) is 2.81. The summed E-state index contributed by atoms with van der Waals surface area (Å²) in [4.78, 5) is 15.1. The zero-order valence-corrected chi connectivity index (χ0v) is 18.6. The van der Waals surface area contributed by atoms with Gasteiger partial charge in [-0.25, -0.2) is 8.42 Å². The fourth-order valence-electron chi connectivity index (χ4n) is 4.20. The molecule has 2 aromatic rings. The number of fused-ring (bicyclic) bond motifs is 2. The van der Waals surface area contributed by atoms with Crippen LogP contribution in [0.2, 0.25) is 0 Å². The lowest BCUT2D eigenvalue weighted by atomic mass is 10.0. The topological polar surface area (TPSA) is 79.0 Å². The van der Waals surface area contributed by atoms with Crippen molar-refractivity contribution in [3.05, 3.63) is 54.1 Å². The van der Waals surface area contributed by atoms with Gasteiger partial charge < -0.3 is 15.0 Å². The van der Waals surface area contributed by atoms with Crippen LogP contribution in [-0.4, -0.2) is 52.4 Å². The summed E-state index contributed by atoms with van der Waals surface area (Å²) in [6.07, 6.45) is 2.19. The van der Waals surface area contributed by atoms with Crippen LogP contribution in [-0.2, 0) is 21.2 Å². The summed E-state index contributed by atoms with van der Waals surface area (Å²) >= 11 is 0. The Morgan fingerprint density at radius 2 is 1.87 bits per heavy atom. The number of carbonyl (C=O) groups is 1. The van der Waals surface area contributed by atoms with Crippen molar-refractivity contribution in [2.45, 2.75) is 32.3 Å². The third-order valence-corrected chi connectivity index (χ3v) is 7.59. The molecule has 1 amide bonds. The van der Waals surface area contributed by atoms with Gasteiger partial charge in [-0.05, 0) is 49.9 Å². The highest BCUT2D eigenvalue weighted by atomic mass is 32.2. The van der Waals surface area contributed by atoms with Crippen LogP contribution < -0.4 is 19.3 Å². The molecule has 31 heavy (non-hydrogen) atoms. The number of nitrogens with one attached hydrogen (secondary N) is 1. The third-order valence-electron chi connectivity index (χ3n) is 5.84. The fraction of sp³-hybridized carbons (Fsp3) is 0.435. The van der Waals surface area contributed by atoms with Crippen molar-refractivity contribution in [1.29, 1.82) is 0 Å². The van der Waals surface area contributed by atoms with Crippen molar-refractivity contribution in [2.24, 2.45) is 0 Å². The van der Waals surface area contributed by atoms with Crippen LogP contribution in [0.3, 0.4) is 0 Å². The van der Waals surface area contributed by atoms with E-state index in [1.54, 1.807) is 31.2 Å². The Morgan fingerprint density at radius 3 is 2.68 bits per heavy atom. The Kier molecular flexibility index (Phi) is 6.36. The first-order valence-corrected chi connectivity index (χ1v) is 12.5. The molecule has 0 saturated carbocycles. The molecular formula is C23H29N3O4S. The number of nitrogens with zero attached hydrogens (tertiary/aromatic N) is 2. The van der Waals surface area contributed by atoms with Crippen LogP contribution in [0.1, 0.15) is 25.3 Å². The summed E-state index contributed by atoms with van der Waals surface area (Å²) in [6, 6.07) is 15.4. The lowest BCUT2D eigenvalue weighted by Gasteiger charge is -2.34. The lowest BCUT2D eigenvalue weighted by molar-refractivity contribution is -0.127. The maximum atomic E-state index is 12.7. The van der Waals surface area contributed by atoms with Crippen LogP contribution in [0.15, 0.2) is 48.5 Å². The van der Waals surface area contributed by atoms with Gasteiger partial charge in [0.2, 0.25) is 10.0 Å². The first kappa shape index (κ1) is 21.5. The number of hydrogen-bond acceptors (Lipinski definition) is 5. The SMILES string of the molecule is CCS(=O)(=O)N1C[C@H](C(=O)NCCCN2CCCc3ccccc32)Oc2ccccc21. The smallest absolute Gasteiger partial charge is 0.263 e. The number of carbonyl (C=O) groups excluding carboxylic acids is 1. The predicted molar refractivity (Wildman–Crippen MR) is 122 cm³/mol. The third kappa shape index (κ3) is 4.63. The zero-order chi connectivity index (χ0) is 21.8. The molecule has 8 heteroatoms. The van der Waals surface area contributed by atoms with Gasteiger partial charge in [-0.3, -0.25) is 9.10 Å². The molecule has 0 bridgehead atoms. The van der Waals surface area contributed by atoms with Gasteiger partial charge in [0, 0.05) is 25.3 Å². The van der Waals surface area contributed by atoms with E-state index >= 15 is 0 Å². The molecule has 1 atom stereocenters. The number of aryl methyl sites for hydroxylation is 1. The number of ether oxygens (including phenoxy) is 1. The Morgan fingerprint density at radius 1 is 1.13 bits per heavy atom. The minimum Gasteiger partial charge on any atom is -0.476 e. The maximum absolute atomic E-state index is 12.7. The largest absolute Gasteiger partial charge is 0.476 e. The van der Waals surface area contributed by atoms with E-state index in [1.807, 2.05) is 0 Å². The molecule has 4 rings (SSSR count). The molecule has 2 aliphatic rings. The molecule has 7 nitrogen and oxygen atoms in total. The summed E-state index contributed by atoms with van der Waals surface area (Å²) < 4.78 is 32.2. The molecule has 0 fully saturated rings. The van der Waals surface area contributed by atoms with Crippen molar-refractivity contribution in [2.75, 3.05) is 41.1 Å². The molecule has 0 aromatic heterocycles. The summed E-state index contributed by atoms with van der Waals surface area (Å²) in [6.45, 7) is 3.98. The number of hydrogen-bond donors (Lipinski definition) is 1. The average molecular weight is 444 g/mol. The molecule has 0 saturated heterocycles. The zero-order valence-electron chi connectivity index (χ0n) is 17.8. The van der Waals surface area contributed by atoms with Crippen molar-refractivity contribution in [1.82, 2.24) is 5.32 Å². The van der Waals surface area contributed by atoms with Crippen molar-refractivity contribution < 1.29 is 17.9 Å². The van der Waals surface area contributed by atoms with Gasteiger partial charge in [-0.2, -0.15) is 0 Å². The number of benzene rings is 2. The predicted octanol–water partition coefficient (Wildman–Crippen LogP) is 2.56. The van der Waals surface area contributed by atoms with Crippen LogP contribution in [0, 0.1) is 0 Å². The van der Waals surface area contributed by atoms with E-state index in [0.717, 1.165) is 32.4 Å². The first-order chi connectivity index (χ1) is 15.0. The van der Waals surface area contributed by atoms with E-state index in [0.29, 0.717) is 18.0 Å². The van der Waals surface area contributed by atoms with E-state index < -0.39 is 16.1 Å². The van der Waals surface area contributed by atoms with Gasteiger partial charge in [0.15, 0.2) is 6.10 Å². The van der Waals surface area contributed by atoms with E-state index in [1.165, 1.54) is 15.6 Å². The van der Waals surface area contributed by atoms with Crippen LogP contribution in [0.5, 0.6) is 5.75 Å². The van der Waals surface area contributed by atoms with Crippen molar-refractivity contribution in [3.63, 3.8) is 0 Å².